The normalized spacial score (nSPS) is 15.5. The molecule has 4 N–H and O–H groups in total. The van der Waals surface area contributed by atoms with Crippen LogP contribution in [0.4, 0.5) is 15.3 Å². The number of nitrogens with zero attached hydrogens (tertiary/aromatic N) is 9. The number of likely N-dealkylation sites (tertiary alicyclic amines) is 3. The summed E-state index contributed by atoms with van der Waals surface area (Å²) >= 11 is 0. The first-order chi connectivity index (χ1) is 72.0. The number of aryl methyl sites for hydroxylation is 1. The van der Waals surface area contributed by atoms with Crippen LogP contribution in [0.3, 0.4) is 0 Å². The number of esters is 1. The number of amides is 7. The number of unbranched alkanes of at least 4 members (excludes halogenated alkanes) is 14. The molecule has 5 aliphatic heterocycles. The number of nitrogens with one attached hydrogen (secondary N) is 2. The fourth-order valence-electron chi connectivity index (χ4n) is 21.4. The van der Waals surface area contributed by atoms with E-state index in [1.807, 2.05) is 239 Å². The monoisotopic (exact) mass is 2050 g/mol. The van der Waals surface area contributed by atoms with Crippen LogP contribution in [0.1, 0.15) is 233 Å². The molecule has 794 valence electrons. The Labute approximate surface area is 885 Å². The van der Waals surface area contributed by atoms with Crippen LogP contribution in [0.2, 0.25) is 0 Å². The molecule has 0 aromatic heterocycles. The van der Waals surface area contributed by atoms with Crippen molar-refractivity contribution in [2.24, 2.45) is 11.7 Å². The number of sulfonamides is 1. The van der Waals surface area contributed by atoms with E-state index in [-0.39, 0.29) is 83.9 Å². The first-order valence-electron chi connectivity index (χ1n) is 54.5. The van der Waals surface area contributed by atoms with Crippen molar-refractivity contribution in [3.63, 3.8) is 0 Å². The zero-order valence-electron chi connectivity index (χ0n) is 89.1. The van der Waals surface area contributed by atoms with Gasteiger partial charge in [0.2, 0.25) is 15.9 Å². The third-order valence-corrected chi connectivity index (χ3v) is 32.3. The molecule has 0 radical (unpaired) electrons. The van der Waals surface area contributed by atoms with E-state index < -0.39 is 21.3 Å². The number of carbonyl (C=O) groups excluding carboxylic acids is 8. The smallest absolute Gasteiger partial charge is 0.411 e. The summed E-state index contributed by atoms with van der Waals surface area (Å²) in [4.78, 5) is 113. The van der Waals surface area contributed by atoms with Gasteiger partial charge in [-0.05, 0) is 186 Å². The lowest BCUT2D eigenvalue weighted by molar-refractivity contribution is -0.890. The number of likely N-dealkylation sites (N-methyl/N-ethyl adjacent to an activating group) is 2. The Morgan fingerprint density at radius 2 is 0.758 bits per heavy atom. The number of ether oxygens (including phenoxy) is 3. The molecule has 5 heterocycles. The molecule has 0 aliphatic carbocycles. The van der Waals surface area contributed by atoms with Crippen LogP contribution in [-0.2, 0) is 34.4 Å². The summed E-state index contributed by atoms with van der Waals surface area (Å²) in [5, 5.41) is 6.08. The van der Waals surface area contributed by atoms with Crippen LogP contribution in [0, 0.1) is 12.8 Å². The summed E-state index contributed by atoms with van der Waals surface area (Å²) < 4.78 is 49.4. The van der Waals surface area contributed by atoms with Crippen LogP contribution in [0.25, 0.3) is 11.1 Å². The zero-order valence-corrected chi connectivity index (χ0v) is 89.9. The van der Waals surface area contributed by atoms with E-state index in [1.54, 1.807) is 65.0 Å². The molecular formula is C123H161N12O13S+3. The Balaban J connectivity index is 0.000000187. The van der Waals surface area contributed by atoms with Gasteiger partial charge in [0, 0.05) is 77.3 Å². The van der Waals surface area contributed by atoms with E-state index in [2.05, 4.69) is 53.5 Å². The van der Waals surface area contributed by atoms with Gasteiger partial charge in [-0.2, -0.15) is 4.31 Å². The minimum atomic E-state index is -3.83. The number of anilines is 1. The van der Waals surface area contributed by atoms with E-state index in [0.29, 0.717) is 91.1 Å². The van der Waals surface area contributed by atoms with E-state index in [1.165, 1.54) is 113 Å². The number of hydrogen-bond donors (Lipinski definition) is 3. The number of primary amides is 1. The minimum Gasteiger partial charge on any atom is -0.456 e. The van der Waals surface area contributed by atoms with E-state index in [4.69, 9.17) is 19.9 Å². The number of alkyl carbamates (subject to hydrolysis) is 1. The number of nitrogens with two attached hydrogens (primary N) is 1. The van der Waals surface area contributed by atoms with Gasteiger partial charge < -0.3 is 53.4 Å². The molecule has 26 heteroatoms. The summed E-state index contributed by atoms with van der Waals surface area (Å²) in [6.07, 6.45) is 25.3. The van der Waals surface area contributed by atoms with Crippen molar-refractivity contribution in [1.29, 1.82) is 0 Å². The number of hydrogen-bond acceptors (Lipinski definition) is 16. The molecule has 1 atom stereocenters. The predicted octanol–water partition coefficient (Wildman–Crippen LogP) is 20.8. The number of benzene rings is 10. The SMILES string of the molecule is C[N+](C)(CCCCCCCCCCCN1CCC(OC(=O)NC(c2ccccc2)c2ccccc2)CC1)CCCN1C(=O)c2ccccc2C1=O.C[N+](C)(CCCCCCCCCN1CCC(OC(=O)Nc2ccccc2-c2ccccc2)CC1)CCOC(=O)c1ccccc1.Cc1ccc(S(=O)(=O)N(CCN2CCC(C(C(N)=O)(c3ccccc3)c3ccccc3)C2)CC[N+](C)(C)CCCN2C(=O)c3ccccc3C2=O)cc1. The summed E-state index contributed by atoms with van der Waals surface area (Å²) in [7, 11) is 9.20. The lowest BCUT2D eigenvalue weighted by Gasteiger charge is -2.37. The zero-order chi connectivity index (χ0) is 105. The summed E-state index contributed by atoms with van der Waals surface area (Å²) in [6.45, 7) is 16.9. The van der Waals surface area contributed by atoms with Gasteiger partial charge >= 0.3 is 18.2 Å². The van der Waals surface area contributed by atoms with Gasteiger partial charge in [-0.1, -0.05) is 294 Å². The molecule has 10 aromatic carbocycles. The second-order valence-corrected chi connectivity index (χ2v) is 44.8. The molecule has 0 saturated carbocycles. The largest absolute Gasteiger partial charge is 0.456 e. The average Bonchev–Trinajstić information content (AvgIpc) is 1.73. The van der Waals surface area contributed by atoms with Gasteiger partial charge in [0.15, 0.2) is 0 Å². The molecule has 15 rings (SSSR count). The number of fused-ring (bicyclic) bond motifs is 2. The molecule has 3 saturated heterocycles. The first-order valence-corrected chi connectivity index (χ1v) is 55.9. The van der Waals surface area contributed by atoms with Crippen LogP contribution in [0.15, 0.2) is 284 Å². The Hall–Kier alpha value is -12.4. The second kappa shape index (κ2) is 57.0. The molecule has 0 spiro atoms. The second-order valence-electron chi connectivity index (χ2n) is 42.9. The number of piperidine rings is 2. The van der Waals surface area contributed by atoms with E-state index in [9.17, 15) is 46.8 Å². The highest BCUT2D eigenvalue weighted by molar-refractivity contribution is 7.89. The number of para-hydroxylation sites is 1. The maximum Gasteiger partial charge on any atom is 0.411 e. The maximum absolute atomic E-state index is 14.2. The fourth-order valence-corrected chi connectivity index (χ4v) is 22.8. The van der Waals surface area contributed by atoms with Crippen molar-refractivity contribution in [2.75, 3.05) is 179 Å². The molecule has 0 bridgehead atoms. The highest BCUT2D eigenvalue weighted by atomic mass is 32.2. The lowest BCUT2D eigenvalue weighted by atomic mass is 9.64. The predicted molar refractivity (Wildman–Crippen MR) is 592 cm³/mol. The topological polar surface area (TPSA) is 268 Å². The van der Waals surface area contributed by atoms with Crippen molar-refractivity contribution in [2.45, 2.75) is 183 Å². The number of imide groups is 2. The van der Waals surface area contributed by atoms with Gasteiger partial charge in [0.1, 0.15) is 30.8 Å². The Morgan fingerprint density at radius 3 is 1.21 bits per heavy atom. The minimum absolute atomic E-state index is 0.0296. The standard InChI is InChI=1S/C43H58N4O4.C42H49N5O5S.C38H51N3O4/c1-47(2,34-20-30-46-41(48)38-25-16-17-26-39(38)42(46)49)33-19-9-7-5-3-4-6-8-18-29-45-31-27-37(28-32-45)51-43(50)44-40(35-21-12-10-13-22-35)36-23-14-11-15-24-36;1-32-19-21-36(22-20-32)53(51,52)45(28-30-47(2,3)29-12-24-46-39(48)37-17-10-11-18-38(37)40(46)49)27-26-44-25-23-35(31-44)42(41(43)50,33-13-6-4-7-14-33)34-15-8-5-9-16-34;1-41(2,30-31-44-37(42)33-20-12-9-13-21-33)29-17-7-5-3-4-6-16-26-40-27-24-34(25-28-40)45-38(43)39-36-23-15-14-22-35(36)32-18-10-8-11-19-32/h10-17,21-26,37,40H,3-9,18-20,27-34H2,1-2H3;4-11,13-22,35H,12,23-31H2,1-3H3,(H-,43,50);8-15,18-23,34H,3-7,16-17,24-31H2,1-2H3/p+3. The van der Waals surface area contributed by atoms with Gasteiger partial charge in [0.05, 0.1) is 126 Å². The van der Waals surface area contributed by atoms with Gasteiger partial charge in [-0.25, -0.2) is 22.8 Å². The van der Waals surface area contributed by atoms with Crippen molar-refractivity contribution in [3.8, 4) is 11.1 Å². The van der Waals surface area contributed by atoms with Crippen molar-refractivity contribution < 1.29 is 74.4 Å². The Kier molecular flexibility index (Phi) is 43.5. The Morgan fingerprint density at radius 1 is 0.389 bits per heavy atom. The first kappa shape index (κ1) is 114. The Bertz CT molecular complexity index is 5840. The quantitative estimate of drug-likeness (QED) is 0.0105. The molecule has 1 unspecified atom stereocenters. The molecule has 10 aromatic rings. The van der Waals surface area contributed by atoms with Gasteiger partial charge in [0.25, 0.3) is 23.6 Å². The van der Waals surface area contributed by atoms with E-state index in [0.717, 1.165) is 158 Å². The summed E-state index contributed by atoms with van der Waals surface area (Å²) in [5.74, 6) is -1.58. The molecule has 5 aliphatic rings. The number of quaternary nitrogens is 3. The van der Waals surface area contributed by atoms with Crippen LogP contribution in [-0.4, -0.2) is 284 Å². The molecule has 3 fully saturated rings. The highest BCUT2D eigenvalue weighted by Gasteiger charge is 2.50. The fraction of sp³-hybridized carbons (Fsp3) is 0.447. The summed E-state index contributed by atoms with van der Waals surface area (Å²) in [6, 6.07) is 87.4. The lowest BCUT2D eigenvalue weighted by Crippen LogP contribution is -2.50. The van der Waals surface area contributed by atoms with E-state index >= 15 is 0 Å². The van der Waals surface area contributed by atoms with Crippen molar-refractivity contribution in [1.82, 2.24) is 34.1 Å². The van der Waals surface area contributed by atoms with Crippen molar-refractivity contribution >= 4 is 63.4 Å². The van der Waals surface area contributed by atoms with Crippen LogP contribution in [0.5, 0.6) is 0 Å². The highest BCUT2D eigenvalue weighted by Crippen LogP contribution is 2.44. The maximum atomic E-state index is 14.2. The van der Waals surface area contributed by atoms with Crippen LogP contribution >= 0.6 is 0 Å². The molecule has 7 amide bonds. The average molecular weight is 2050 g/mol. The molecule has 149 heavy (non-hydrogen) atoms. The molecular weight excluding hydrogens is 1890 g/mol. The third kappa shape index (κ3) is 33.8. The number of carbonyl (C=O) groups is 8. The van der Waals surface area contributed by atoms with Crippen LogP contribution < -0.4 is 16.4 Å². The number of rotatable bonds is 53. The third-order valence-electron chi connectivity index (χ3n) is 30.4. The van der Waals surface area contributed by atoms with Crippen molar-refractivity contribution in [3.05, 3.63) is 335 Å². The van der Waals surface area contributed by atoms with Gasteiger partial charge in [-0.3, -0.25) is 39.1 Å². The molecule has 25 nitrogen and oxygen atoms in total. The summed E-state index contributed by atoms with van der Waals surface area (Å²) in [5.41, 5.74) is 15.5. The van der Waals surface area contributed by atoms with Gasteiger partial charge in [-0.15, -0.1) is 0 Å².